The average Bonchev–Trinajstić information content (AvgIpc) is 2.77. The van der Waals surface area contributed by atoms with E-state index in [9.17, 15) is 4.39 Å². The molecule has 0 unspecified atom stereocenters. The van der Waals surface area contributed by atoms with Crippen LogP contribution in [0.3, 0.4) is 0 Å². The largest absolute Gasteiger partial charge is 0.437 e. The number of rotatable bonds is 5. The van der Waals surface area contributed by atoms with E-state index in [4.69, 9.17) is 10.00 Å². The van der Waals surface area contributed by atoms with Gasteiger partial charge in [0.1, 0.15) is 23.1 Å². The SMILES string of the molecule is N#Cc1ccc(F)c(-c2nccnc2Oc2ccc(Nc3ccccn3)cc2)c1. The van der Waals surface area contributed by atoms with Crippen LogP contribution in [0.1, 0.15) is 5.56 Å². The van der Waals surface area contributed by atoms with Gasteiger partial charge in [0.05, 0.1) is 11.6 Å². The highest BCUT2D eigenvalue weighted by Gasteiger charge is 2.15. The molecular weight excluding hydrogens is 369 g/mol. The van der Waals surface area contributed by atoms with Gasteiger partial charge in [-0.25, -0.2) is 19.3 Å². The van der Waals surface area contributed by atoms with Crippen LogP contribution in [0.25, 0.3) is 11.3 Å². The molecule has 29 heavy (non-hydrogen) atoms. The van der Waals surface area contributed by atoms with Gasteiger partial charge in [-0.2, -0.15) is 5.26 Å². The summed E-state index contributed by atoms with van der Waals surface area (Å²) in [5, 5.41) is 12.3. The first-order valence-electron chi connectivity index (χ1n) is 8.70. The first kappa shape index (κ1) is 18.1. The molecule has 0 spiro atoms. The van der Waals surface area contributed by atoms with Gasteiger partial charge in [0.25, 0.3) is 0 Å². The second-order valence-corrected chi connectivity index (χ2v) is 5.98. The van der Waals surface area contributed by atoms with E-state index < -0.39 is 5.82 Å². The fourth-order valence-corrected chi connectivity index (χ4v) is 2.66. The van der Waals surface area contributed by atoms with Crippen LogP contribution in [0.4, 0.5) is 15.9 Å². The maximum Gasteiger partial charge on any atom is 0.246 e. The van der Waals surface area contributed by atoms with Crippen LogP contribution >= 0.6 is 0 Å². The molecule has 0 amide bonds. The Morgan fingerprint density at radius 3 is 2.48 bits per heavy atom. The lowest BCUT2D eigenvalue weighted by Gasteiger charge is -2.11. The Balaban J connectivity index is 1.59. The predicted octanol–water partition coefficient (Wildman–Crippen LogP) is 5.09. The first-order valence-corrected chi connectivity index (χ1v) is 8.70. The molecule has 0 saturated carbocycles. The summed E-state index contributed by atoms with van der Waals surface area (Å²) >= 11 is 0. The number of hydrogen-bond donors (Lipinski definition) is 1. The number of anilines is 2. The van der Waals surface area contributed by atoms with E-state index in [-0.39, 0.29) is 17.1 Å². The molecule has 140 valence electrons. The Morgan fingerprint density at radius 1 is 0.897 bits per heavy atom. The standard InChI is InChI=1S/C22H14FN5O/c23-19-9-4-15(14-24)13-18(19)21-22(27-12-11-26-21)29-17-7-5-16(6-8-17)28-20-3-1-2-10-25-20/h1-13H,(H,25,28). The Hall–Kier alpha value is -4.31. The molecule has 2 aromatic heterocycles. The quantitative estimate of drug-likeness (QED) is 0.517. The Kier molecular flexibility index (Phi) is 5.08. The summed E-state index contributed by atoms with van der Waals surface area (Å²) in [5.74, 6) is 0.872. The highest BCUT2D eigenvalue weighted by molar-refractivity contribution is 5.67. The number of pyridine rings is 1. The minimum atomic E-state index is -0.510. The van der Waals surface area contributed by atoms with Gasteiger partial charge in [-0.05, 0) is 54.6 Å². The molecule has 0 bridgehead atoms. The third kappa shape index (κ3) is 4.17. The summed E-state index contributed by atoms with van der Waals surface area (Å²) in [6, 6.07) is 18.8. The Morgan fingerprint density at radius 2 is 1.72 bits per heavy atom. The van der Waals surface area contributed by atoms with E-state index >= 15 is 0 Å². The Labute approximate surface area is 166 Å². The third-order valence-electron chi connectivity index (χ3n) is 4.02. The number of halogens is 1. The Bertz CT molecular complexity index is 1170. The number of ether oxygens (including phenoxy) is 1. The van der Waals surface area contributed by atoms with Crippen LogP contribution in [0.15, 0.2) is 79.3 Å². The van der Waals surface area contributed by atoms with Crippen LogP contribution in [0.2, 0.25) is 0 Å². The van der Waals surface area contributed by atoms with Crippen molar-refractivity contribution in [1.82, 2.24) is 15.0 Å². The number of benzene rings is 2. The highest BCUT2D eigenvalue weighted by Crippen LogP contribution is 2.32. The zero-order chi connectivity index (χ0) is 20.1. The molecule has 0 fully saturated rings. The number of nitrogens with one attached hydrogen (secondary N) is 1. The van der Waals surface area contributed by atoms with Gasteiger partial charge in [-0.1, -0.05) is 6.07 Å². The van der Waals surface area contributed by atoms with Gasteiger partial charge in [-0.15, -0.1) is 0 Å². The molecule has 6 nitrogen and oxygen atoms in total. The third-order valence-corrected chi connectivity index (χ3v) is 4.02. The molecule has 0 aliphatic rings. The van der Waals surface area contributed by atoms with Crippen LogP contribution in [0, 0.1) is 17.1 Å². The van der Waals surface area contributed by atoms with Crippen LogP contribution < -0.4 is 10.1 Å². The minimum absolute atomic E-state index is 0.145. The lowest BCUT2D eigenvalue weighted by atomic mass is 10.1. The molecule has 4 aromatic rings. The highest BCUT2D eigenvalue weighted by atomic mass is 19.1. The van der Waals surface area contributed by atoms with Crippen molar-refractivity contribution in [3.63, 3.8) is 0 Å². The van der Waals surface area contributed by atoms with Gasteiger partial charge in [0.2, 0.25) is 5.88 Å². The summed E-state index contributed by atoms with van der Waals surface area (Å²) in [6.45, 7) is 0. The van der Waals surface area contributed by atoms with Crippen molar-refractivity contribution in [2.24, 2.45) is 0 Å². The summed E-state index contributed by atoms with van der Waals surface area (Å²) in [5.41, 5.74) is 1.53. The van der Waals surface area contributed by atoms with E-state index in [1.54, 1.807) is 18.3 Å². The second kappa shape index (κ2) is 8.15. The zero-order valence-electron chi connectivity index (χ0n) is 15.1. The van der Waals surface area contributed by atoms with Crippen molar-refractivity contribution in [3.8, 4) is 29.0 Å². The molecule has 4 rings (SSSR count). The average molecular weight is 383 g/mol. The van der Waals surface area contributed by atoms with E-state index in [0.717, 1.165) is 11.5 Å². The molecule has 1 N–H and O–H groups in total. The summed E-state index contributed by atoms with van der Waals surface area (Å²) < 4.78 is 20.2. The minimum Gasteiger partial charge on any atom is -0.437 e. The molecule has 0 saturated heterocycles. The van der Waals surface area contributed by atoms with Crippen molar-refractivity contribution < 1.29 is 9.13 Å². The van der Waals surface area contributed by atoms with Gasteiger partial charge in [0, 0.05) is 29.8 Å². The second-order valence-electron chi connectivity index (χ2n) is 5.98. The van der Waals surface area contributed by atoms with Crippen LogP contribution in [-0.2, 0) is 0 Å². The smallest absolute Gasteiger partial charge is 0.246 e. The van der Waals surface area contributed by atoms with Gasteiger partial charge >= 0.3 is 0 Å². The predicted molar refractivity (Wildman–Crippen MR) is 106 cm³/mol. The monoisotopic (exact) mass is 383 g/mol. The van der Waals surface area contributed by atoms with E-state index in [2.05, 4.69) is 20.3 Å². The summed E-state index contributed by atoms with van der Waals surface area (Å²) in [7, 11) is 0. The molecule has 2 heterocycles. The van der Waals surface area contributed by atoms with Crippen molar-refractivity contribution in [1.29, 1.82) is 5.26 Å². The number of hydrogen-bond acceptors (Lipinski definition) is 6. The maximum absolute atomic E-state index is 14.3. The van der Waals surface area contributed by atoms with E-state index in [1.807, 2.05) is 36.4 Å². The van der Waals surface area contributed by atoms with E-state index in [1.165, 1.54) is 30.6 Å². The molecule has 2 aromatic carbocycles. The van der Waals surface area contributed by atoms with Gasteiger partial charge in [0.15, 0.2) is 0 Å². The number of nitriles is 1. The fraction of sp³-hybridized carbons (Fsp3) is 0. The van der Waals surface area contributed by atoms with Crippen molar-refractivity contribution in [2.45, 2.75) is 0 Å². The molecular formula is C22H14FN5O. The van der Waals surface area contributed by atoms with Crippen molar-refractivity contribution in [2.75, 3.05) is 5.32 Å². The van der Waals surface area contributed by atoms with Crippen molar-refractivity contribution in [3.05, 3.63) is 90.6 Å². The van der Waals surface area contributed by atoms with Crippen LogP contribution in [0.5, 0.6) is 11.6 Å². The number of aromatic nitrogens is 3. The summed E-state index contributed by atoms with van der Waals surface area (Å²) in [6.07, 6.45) is 4.61. The fourth-order valence-electron chi connectivity index (χ4n) is 2.66. The van der Waals surface area contributed by atoms with Crippen molar-refractivity contribution >= 4 is 11.5 Å². The molecule has 0 atom stereocenters. The van der Waals surface area contributed by atoms with Gasteiger partial charge < -0.3 is 10.1 Å². The zero-order valence-corrected chi connectivity index (χ0v) is 15.1. The first-order chi connectivity index (χ1) is 14.2. The normalized spacial score (nSPS) is 10.2. The maximum atomic E-state index is 14.3. The summed E-state index contributed by atoms with van der Waals surface area (Å²) in [4.78, 5) is 12.6. The number of nitrogens with zero attached hydrogens (tertiary/aromatic N) is 4. The van der Waals surface area contributed by atoms with E-state index in [0.29, 0.717) is 11.3 Å². The topological polar surface area (TPSA) is 83.7 Å². The molecule has 7 heteroatoms. The molecule has 0 aliphatic carbocycles. The lowest BCUT2D eigenvalue weighted by Crippen LogP contribution is -1.97. The van der Waals surface area contributed by atoms with Crippen LogP contribution in [-0.4, -0.2) is 15.0 Å². The molecule has 0 radical (unpaired) electrons. The van der Waals surface area contributed by atoms with Gasteiger partial charge in [-0.3, -0.25) is 0 Å². The molecule has 0 aliphatic heterocycles. The lowest BCUT2D eigenvalue weighted by molar-refractivity contribution is 0.462.